The van der Waals surface area contributed by atoms with E-state index in [1.54, 1.807) is 0 Å². The third-order valence-electron chi connectivity index (χ3n) is 2.15. The smallest absolute Gasteiger partial charge is 0.323 e. The van der Waals surface area contributed by atoms with Crippen LogP contribution in [0.3, 0.4) is 0 Å². The van der Waals surface area contributed by atoms with Gasteiger partial charge in [-0.1, -0.05) is 0 Å². The predicted molar refractivity (Wildman–Crippen MR) is 41.3 cm³/mol. The van der Waals surface area contributed by atoms with E-state index in [1.807, 2.05) is 0 Å². The monoisotopic (exact) mass is 158 g/mol. The second-order valence-electron chi connectivity index (χ2n) is 3.06. The van der Waals surface area contributed by atoms with Gasteiger partial charge < -0.3 is 16.2 Å². The lowest BCUT2D eigenvalue weighted by atomic mass is 9.92. The predicted octanol–water partition coefficient (Wildman–Crippen LogP) is -0.458. The molecule has 1 rings (SSSR count). The average molecular weight is 158 g/mol. The summed E-state index contributed by atoms with van der Waals surface area (Å²) in [6.07, 6.45) is 1.96. The average Bonchev–Trinajstić information content (AvgIpc) is 2.15. The Hall–Kier alpha value is -0.610. The molecular weight excluding hydrogens is 144 g/mol. The number of rotatable bonds is 1. The van der Waals surface area contributed by atoms with Crippen molar-refractivity contribution in [3.63, 3.8) is 0 Å². The number of carboxylic acids is 1. The van der Waals surface area contributed by atoms with E-state index in [4.69, 9.17) is 10.8 Å². The largest absolute Gasteiger partial charge is 0.480 e. The minimum Gasteiger partial charge on any atom is -0.480 e. The van der Waals surface area contributed by atoms with Crippen LogP contribution in [-0.4, -0.2) is 29.7 Å². The maximum Gasteiger partial charge on any atom is 0.323 e. The molecule has 1 heterocycles. The molecule has 11 heavy (non-hydrogen) atoms. The lowest BCUT2D eigenvalue weighted by molar-refractivity contribution is -0.143. The fourth-order valence-corrected chi connectivity index (χ4v) is 1.30. The first-order valence-corrected chi connectivity index (χ1v) is 3.88. The van der Waals surface area contributed by atoms with Crippen molar-refractivity contribution < 1.29 is 9.90 Å². The molecule has 1 atom stereocenters. The molecule has 1 aliphatic heterocycles. The fraction of sp³-hybridized carbons (Fsp3) is 0.857. The molecule has 1 aliphatic rings. The van der Waals surface area contributed by atoms with Gasteiger partial charge in [-0.15, -0.1) is 0 Å². The van der Waals surface area contributed by atoms with E-state index in [-0.39, 0.29) is 0 Å². The molecule has 0 aromatic rings. The van der Waals surface area contributed by atoms with E-state index < -0.39 is 11.5 Å². The van der Waals surface area contributed by atoms with Crippen LogP contribution >= 0.6 is 0 Å². The van der Waals surface area contributed by atoms with E-state index >= 15 is 0 Å². The summed E-state index contributed by atoms with van der Waals surface area (Å²) in [5.41, 5.74) is 4.68. The fourth-order valence-electron chi connectivity index (χ4n) is 1.30. The Labute approximate surface area is 65.8 Å². The van der Waals surface area contributed by atoms with Gasteiger partial charge in [-0.3, -0.25) is 4.79 Å². The highest BCUT2D eigenvalue weighted by molar-refractivity contribution is 5.78. The van der Waals surface area contributed by atoms with Gasteiger partial charge in [-0.2, -0.15) is 0 Å². The topological polar surface area (TPSA) is 75.4 Å². The van der Waals surface area contributed by atoms with E-state index in [0.717, 1.165) is 13.0 Å². The van der Waals surface area contributed by atoms with Gasteiger partial charge in [0.05, 0.1) is 0 Å². The standard InChI is InChI=1S/C7H14N2O2/c8-7(6(10)11)2-1-4-9-5-3-7/h9H,1-5,8H2,(H,10,11). The van der Waals surface area contributed by atoms with Gasteiger partial charge in [0, 0.05) is 0 Å². The van der Waals surface area contributed by atoms with Gasteiger partial charge in [0.2, 0.25) is 0 Å². The molecule has 0 aromatic carbocycles. The highest BCUT2D eigenvalue weighted by Crippen LogP contribution is 2.16. The Balaban J connectivity index is 2.59. The van der Waals surface area contributed by atoms with Crippen LogP contribution in [0.25, 0.3) is 0 Å². The van der Waals surface area contributed by atoms with Crippen molar-refractivity contribution in [3.8, 4) is 0 Å². The van der Waals surface area contributed by atoms with Crippen molar-refractivity contribution in [2.75, 3.05) is 13.1 Å². The molecule has 4 heteroatoms. The molecule has 0 spiro atoms. The Morgan fingerprint density at radius 1 is 1.45 bits per heavy atom. The Morgan fingerprint density at radius 3 is 2.82 bits per heavy atom. The van der Waals surface area contributed by atoms with Crippen LogP contribution in [0.2, 0.25) is 0 Å². The summed E-state index contributed by atoms with van der Waals surface area (Å²) in [4.78, 5) is 10.7. The van der Waals surface area contributed by atoms with Gasteiger partial charge in [0.1, 0.15) is 5.54 Å². The van der Waals surface area contributed by atoms with E-state index in [2.05, 4.69) is 5.32 Å². The lowest BCUT2D eigenvalue weighted by Crippen LogP contribution is -2.48. The van der Waals surface area contributed by atoms with Crippen LogP contribution in [0.4, 0.5) is 0 Å². The highest BCUT2D eigenvalue weighted by atomic mass is 16.4. The number of hydrogen-bond acceptors (Lipinski definition) is 3. The van der Waals surface area contributed by atoms with Gasteiger partial charge in [-0.25, -0.2) is 0 Å². The van der Waals surface area contributed by atoms with Crippen molar-refractivity contribution in [2.45, 2.75) is 24.8 Å². The molecular formula is C7H14N2O2. The van der Waals surface area contributed by atoms with Crippen LogP contribution in [0, 0.1) is 0 Å². The minimum atomic E-state index is -0.983. The Morgan fingerprint density at radius 2 is 2.18 bits per heavy atom. The molecule has 1 unspecified atom stereocenters. The molecule has 0 aromatic heterocycles. The second-order valence-corrected chi connectivity index (χ2v) is 3.06. The van der Waals surface area contributed by atoms with E-state index in [0.29, 0.717) is 19.4 Å². The molecule has 0 radical (unpaired) electrons. The first-order chi connectivity index (χ1) is 5.15. The summed E-state index contributed by atoms with van der Waals surface area (Å²) < 4.78 is 0. The van der Waals surface area contributed by atoms with E-state index in [1.165, 1.54) is 0 Å². The third-order valence-corrected chi connectivity index (χ3v) is 2.15. The second kappa shape index (κ2) is 3.19. The molecule has 0 amide bonds. The van der Waals surface area contributed by atoms with E-state index in [9.17, 15) is 4.79 Å². The molecule has 0 aliphatic carbocycles. The lowest BCUT2D eigenvalue weighted by Gasteiger charge is -2.21. The Kier molecular flexibility index (Phi) is 2.46. The molecule has 4 N–H and O–H groups in total. The number of carbonyl (C=O) groups is 1. The van der Waals surface area contributed by atoms with Gasteiger partial charge in [0.25, 0.3) is 0 Å². The Bertz CT molecular complexity index is 151. The van der Waals surface area contributed by atoms with Crippen LogP contribution < -0.4 is 11.1 Å². The molecule has 1 saturated heterocycles. The molecule has 64 valence electrons. The van der Waals surface area contributed by atoms with Crippen LogP contribution in [0.15, 0.2) is 0 Å². The van der Waals surface area contributed by atoms with Crippen LogP contribution in [0.1, 0.15) is 19.3 Å². The van der Waals surface area contributed by atoms with Crippen LogP contribution in [0.5, 0.6) is 0 Å². The summed E-state index contributed by atoms with van der Waals surface area (Å²) in [6, 6.07) is 0. The molecule has 0 saturated carbocycles. The first kappa shape index (κ1) is 8.49. The van der Waals surface area contributed by atoms with Crippen LogP contribution in [-0.2, 0) is 4.79 Å². The van der Waals surface area contributed by atoms with Crippen molar-refractivity contribution in [3.05, 3.63) is 0 Å². The van der Waals surface area contributed by atoms with Gasteiger partial charge >= 0.3 is 5.97 Å². The summed E-state index contributed by atoms with van der Waals surface area (Å²) >= 11 is 0. The summed E-state index contributed by atoms with van der Waals surface area (Å²) in [5.74, 6) is -0.874. The van der Waals surface area contributed by atoms with Gasteiger partial charge in [-0.05, 0) is 32.4 Å². The number of aliphatic carboxylic acids is 1. The number of carboxylic acid groups (broad SMARTS) is 1. The zero-order valence-electron chi connectivity index (χ0n) is 6.47. The zero-order valence-corrected chi connectivity index (χ0v) is 6.47. The third kappa shape index (κ3) is 1.91. The summed E-state index contributed by atoms with van der Waals surface area (Å²) in [5, 5.41) is 11.9. The summed E-state index contributed by atoms with van der Waals surface area (Å²) in [6.45, 7) is 1.59. The maximum atomic E-state index is 10.7. The maximum absolute atomic E-state index is 10.7. The number of nitrogens with two attached hydrogens (primary N) is 1. The van der Waals surface area contributed by atoms with Crippen molar-refractivity contribution in [2.24, 2.45) is 5.73 Å². The number of nitrogens with one attached hydrogen (secondary N) is 1. The molecule has 4 nitrogen and oxygen atoms in total. The zero-order chi connectivity index (χ0) is 8.32. The number of hydrogen-bond donors (Lipinski definition) is 3. The van der Waals surface area contributed by atoms with Crippen molar-refractivity contribution in [1.82, 2.24) is 5.32 Å². The SMILES string of the molecule is NC1(C(=O)O)CCCNCC1. The van der Waals surface area contributed by atoms with Crippen molar-refractivity contribution >= 4 is 5.97 Å². The van der Waals surface area contributed by atoms with Crippen molar-refractivity contribution in [1.29, 1.82) is 0 Å². The minimum absolute atomic E-state index is 0.530. The summed E-state index contributed by atoms with van der Waals surface area (Å²) in [7, 11) is 0. The molecule has 1 fully saturated rings. The van der Waals surface area contributed by atoms with Gasteiger partial charge in [0.15, 0.2) is 0 Å². The quantitative estimate of drug-likeness (QED) is 0.483. The highest BCUT2D eigenvalue weighted by Gasteiger charge is 2.33. The molecule has 0 bridgehead atoms. The normalized spacial score (nSPS) is 32.8. The first-order valence-electron chi connectivity index (χ1n) is 3.88.